The van der Waals surface area contributed by atoms with E-state index >= 15 is 0 Å². The highest BCUT2D eigenvalue weighted by atomic mass is 35.5. The van der Waals surface area contributed by atoms with Crippen LogP contribution in [0.3, 0.4) is 0 Å². The molecule has 0 aliphatic heterocycles. The molecule has 0 heterocycles. The maximum atomic E-state index is 13.1. The molecule has 0 fully saturated rings. The third-order valence-electron chi connectivity index (χ3n) is 3.43. The molecular formula is C15H13Cl3F3N. The van der Waals surface area contributed by atoms with Crippen molar-refractivity contribution < 1.29 is 13.2 Å². The fourth-order valence-electron chi connectivity index (χ4n) is 2.36. The van der Waals surface area contributed by atoms with Gasteiger partial charge >= 0.3 is 6.18 Å². The second-order valence-corrected chi connectivity index (χ2v) is 6.51. The average molecular weight is 371 g/mol. The van der Waals surface area contributed by atoms with Crippen LogP contribution in [0.15, 0.2) is 39.4 Å². The van der Waals surface area contributed by atoms with E-state index in [9.17, 15) is 13.2 Å². The summed E-state index contributed by atoms with van der Waals surface area (Å²) in [4.78, 5) is 1.42. The van der Waals surface area contributed by atoms with Gasteiger partial charge in [-0.25, -0.2) is 0 Å². The van der Waals surface area contributed by atoms with E-state index in [2.05, 4.69) is 0 Å². The molecule has 0 radical (unpaired) electrons. The minimum atomic E-state index is -4.42. The Morgan fingerprint density at radius 1 is 1.14 bits per heavy atom. The van der Waals surface area contributed by atoms with Crippen molar-refractivity contribution in [2.24, 2.45) is 0 Å². The maximum Gasteiger partial charge on any atom is 0.418 e. The molecule has 0 bridgehead atoms. The lowest BCUT2D eigenvalue weighted by molar-refractivity contribution is -0.137. The first kappa shape index (κ1) is 17.5. The number of anilines is 1. The highest BCUT2D eigenvalue weighted by molar-refractivity contribution is 6.42. The van der Waals surface area contributed by atoms with Crippen LogP contribution in [0.25, 0.3) is 0 Å². The van der Waals surface area contributed by atoms with Crippen LogP contribution in [-0.4, -0.2) is 14.1 Å². The van der Waals surface area contributed by atoms with E-state index in [-0.39, 0.29) is 11.6 Å². The zero-order valence-electron chi connectivity index (χ0n) is 11.8. The van der Waals surface area contributed by atoms with Crippen LogP contribution in [0.4, 0.5) is 18.9 Å². The molecular weight excluding hydrogens is 358 g/mol. The van der Waals surface area contributed by atoms with Crippen molar-refractivity contribution in [3.63, 3.8) is 0 Å². The second kappa shape index (κ2) is 6.34. The summed E-state index contributed by atoms with van der Waals surface area (Å²) in [6.07, 6.45) is -2.45. The topological polar surface area (TPSA) is 3.24 Å². The summed E-state index contributed by atoms with van der Waals surface area (Å²) in [5.74, 6) is -0.340. The highest BCUT2D eigenvalue weighted by Gasteiger charge is 2.35. The lowest BCUT2D eigenvalue weighted by atomic mass is 9.90. The molecule has 1 unspecified atom stereocenters. The Morgan fingerprint density at radius 3 is 2.32 bits per heavy atom. The van der Waals surface area contributed by atoms with Gasteiger partial charge in [-0.2, -0.15) is 13.2 Å². The van der Waals surface area contributed by atoms with Crippen molar-refractivity contribution in [1.82, 2.24) is 0 Å². The van der Waals surface area contributed by atoms with Gasteiger partial charge in [-0.3, -0.25) is 0 Å². The van der Waals surface area contributed by atoms with Crippen LogP contribution < -0.4 is 4.90 Å². The number of nitrogens with zero attached hydrogens (tertiary/aromatic N) is 1. The van der Waals surface area contributed by atoms with Crippen LogP contribution in [0.1, 0.15) is 23.5 Å². The van der Waals surface area contributed by atoms with Gasteiger partial charge in [0.25, 0.3) is 0 Å². The smallest absolute Gasteiger partial charge is 0.377 e. The zero-order valence-corrected chi connectivity index (χ0v) is 14.1. The Morgan fingerprint density at radius 2 is 1.77 bits per heavy atom. The normalized spacial score (nSPS) is 19.3. The molecule has 1 aliphatic carbocycles. The molecule has 0 amide bonds. The van der Waals surface area contributed by atoms with Gasteiger partial charge in [0.05, 0.1) is 10.6 Å². The summed E-state index contributed by atoms with van der Waals surface area (Å²) >= 11 is 18.2. The van der Waals surface area contributed by atoms with Gasteiger partial charge in [-0.1, -0.05) is 40.9 Å². The Bertz CT molecular complexity index is 648. The minimum Gasteiger partial charge on any atom is -0.377 e. The first-order chi connectivity index (χ1) is 10.1. The number of hydrogen-bond acceptors (Lipinski definition) is 1. The maximum absolute atomic E-state index is 13.1. The first-order valence-electron chi connectivity index (χ1n) is 6.41. The van der Waals surface area contributed by atoms with Crippen LogP contribution in [0, 0.1) is 0 Å². The van der Waals surface area contributed by atoms with Crippen molar-refractivity contribution in [2.75, 3.05) is 19.0 Å². The predicted molar refractivity (Wildman–Crippen MR) is 85.8 cm³/mol. The molecule has 0 saturated heterocycles. The molecule has 0 saturated carbocycles. The molecule has 22 heavy (non-hydrogen) atoms. The van der Waals surface area contributed by atoms with Gasteiger partial charge in [0, 0.05) is 35.8 Å². The molecule has 1 atom stereocenters. The Hall–Kier alpha value is -0.840. The molecule has 7 heteroatoms. The summed E-state index contributed by atoms with van der Waals surface area (Å²) in [7, 11) is 3.12. The Labute approximate surface area is 141 Å². The molecule has 0 N–H and O–H groups in total. The van der Waals surface area contributed by atoms with E-state index in [0.717, 1.165) is 6.07 Å². The van der Waals surface area contributed by atoms with Gasteiger partial charge in [-0.05, 0) is 30.2 Å². The van der Waals surface area contributed by atoms with Crippen LogP contribution in [0.2, 0.25) is 0 Å². The SMILES string of the molecule is CN(C)c1cc(C2CC(Cl)=CC(Cl)=C2Cl)ccc1C(F)(F)F. The monoisotopic (exact) mass is 369 g/mol. The van der Waals surface area contributed by atoms with Crippen LogP contribution in [0.5, 0.6) is 0 Å². The quantitative estimate of drug-likeness (QED) is 0.610. The fraction of sp³-hybridized carbons (Fsp3) is 0.333. The summed E-state index contributed by atoms with van der Waals surface area (Å²) in [5, 5.41) is 1.22. The van der Waals surface area contributed by atoms with Crippen molar-refractivity contribution in [1.29, 1.82) is 0 Å². The third kappa shape index (κ3) is 3.55. The van der Waals surface area contributed by atoms with Crippen LogP contribution >= 0.6 is 34.8 Å². The summed E-state index contributed by atoms with van der Waals surface area (Å²) in [6, 6.07) is 3.97. The van der Waals surface area contributed by atoms with E-state index in [1.165, 1.54) is 17.0 Å². The van der Waals surface area contributed by atoms with E-state index in [0.29, 0.717) is 27.1 Å². The van der Waals surface area contributed by atoms with E-state index < -0.39 is 11.7 Å². The fourth-order valence-corrected chi connectivity index (χ4v) is 3.20. The Balaban J connectivity index is 2.51. The summed E-state index contributed by atoms with van der Waals surface area (Å²) in [6.45, 7) is 0. The number of rotatable bonds is 2. The standard InChI is InChI=1S/C15H13Cl3F3N/c1-22(2)13-5-8(3-4-11(13)15(19,20)21)10-6-9(16)7-12(17)14(10)18/h3-5,7,10H,6H2,1-2H3. The van der Waals surface area contributed by atoms with Gasteiger partial charge in [0.2, 0.25) is 0 Å². The van der Waals surface area contributed by atoms with Gasteiger partial charge < -0.3 is 4.90 Å². The number of allylic oxidation sites excluding steroid dienone is 4. The average Bonchev–Trinajstić information content (AvgIpc) is 2.41. The van der Waals surface area contributed by atoms with Crippen molar-refractivity contribution in [3.8, 4) is 0 Å². The van der Waals surface area contributed by atoms with E-state index in [4.69, 9.17) is 34.8 Å². The molecule has 1 nitrogen and oxygen atoms in total. The lowest BCUT2D eigenvalue weighted by Crippen LogP contribution is -2.17. The van der Waals surface area contributed by atoms with Crippen molar-refractivity contribution in [3.05, 3.63) is 50.5 Å². The summed E-state index contributed by atoms with van der Waals surface area (Å²) < 4.78 is 39.2. The van der Waals surface area contributed by atoms with Gasteiger partial charge in [-0.15, -0.1) is 0 Å². The highest BCUT2D eigenvalue weighted by Crippen LogP contribution is 2.44. The van der Waals surface area contributed by atoms with Crippen molar-refractivity contribution in [2.45, 2.75) is 18.5 Å². The number of hydrogen-bond donors (Lipinski definition) is 0. The predicted octanol–water partition coefficient (Wildman–Crippen LogP) is 6.07. The lowest BCUT2D eigenvalue weighted by Gasteiger charge is -2.25. The second-order valence-electron chi connectivity index (χ2n) is 5.21. The van der Waals surface area contributed by atoms with Gasteiger partial charge in [0.1, 0.15) is 0 Å². The molecule has 1 aliphatic rings. The molecule has 1 aromatic carbocycles. The summed E-state index contributed by atoms with van der Waals surface area (Å²) in [5.41, 5.74) is 0.0345. The number of halogens is 6. The molecule has 120 valence electrons. The minimum absolute atomic E-state index is 0.0799. The third-order valence-corrected chi connectivity index (χ3v) is 4.57. The molecule has 0 spiro atoms. The first-order valence-corrected chi connectivity index (χ1v) is 7.54. The van der Waals surface area contributed by atoms with E-state index in [1.807, 2.05) is 0 Å². The zero-order chi connectivity index (χ0) is 16.7. The van der Waals surface area contributed by atoms with Gasteiger partial charge in [0.15, 0.2) is 0 Å². The number of alkyl halides is 3. The molecule has 0 aromatic heterocycles. The van der Waals surface area contributed by atoms with Crippen LogP contribution in [-0.2, 0) is 6.18 Å². The largest absolute Gasteiger partial charge is 0.418 e. The van der Waals surface area contributed by atoms with Crippen molar-refractivity contribution >= 4 is 40.5 Å². The Kier molecular flexibility index (Phi) is 5.05. The molecule has 2 rings (SSSR count). The number of benzene rings is 1. The molecule has 1 aromatic rings. The van der Waals surface area contributed by atoms with E-state index in [1.54, 1.807) is 20.2 Å².